The quantitative estimate of drug-likeness (QED) is 0.569. The maximum atomic E-state index is 12.1. The van der Waals surface area contributed by atoms with Gasteiger partial charge in [0.1, 0.15) is 22.7 Å². The molecule has 0 atom stereocenters. The average Bonchev–Trinajstić information content (AvgIpc) is 2.54. The Kier molecular flexibility index (Phi) is 5.86. The van der Waals surface area contributed by atoms with Gasteiger partial charge in [0.25, 0.3) is 5.56 Å². The lowest BCUT2D eigenvalue weighted by molar-refractivity contribution is 0.0695. The van der Waals surface area contributed by atoms with Gasteiger partial charge in [0.05, 0.1) is 6.61 Å². The topological polar surface area (TPSA) is 146 Å². The molecule has 0 bridgehead atoms. The zero-order chi connectivity index (χ0) is 20.3. The Morgan fingerprint density at radius 2 is 1.81 bits per heavy atom. The van der Waals surface area contributed by atoms with Crippen LogP contribution in [0, 0.1) is 0 Å². The van der Waals surface area contributed by atoms with Crippen LogP contribution >= 0.6 is 0 Å². The molecule has 0 radical (unpaired) electrons. The van der Waals surface area contributed by atoms with E-state index in [9.17, 15) is 24.6 Å². The van der Waals surface area contributed by atoms with Crippen LogP contribution in [0.15, 0.2) is 23.0 Å². The van der Waals surface area contributed by atoms with Crippen LogP contribution in [0.1, 0.15) is 33.2 Å². The number of aromatic nitrogens is 1. The number of aromatic amines is 1. The maximum Gasteiger partial charge on any atom is 0.342 e. The predicted molar refractivity (Wildman–Crippen MR) is 99.4 cm³/mol. The molecule has 144 valence electrons. The molecule has 1 aromatic heterocycles. The van der Waals surface area contributed by atoms with Crippen molar-refractivity contribution < 1.29 is 24.5 Å². The number of nitrogens with zero attached hydrogens (tertiary/aromatic N) is 1. The molecule has 0 spiro atoms. The molecular weight excluding hydrogens is 354 g/mol. The van der Waals surface area contributed by atoms with Crippen LogP contribution in [-0.2, 0) is 6.54 Å². The number of ether oxygens (including phenoxy) is 1. The van der Waals surface area contributed by atoms with Crippen molar-refractivity contribution in [3.8, 4) is 16.9 Å². The van der Waals surface area contributed by atoms with Gasteiger partial charge in [0.15, 0.2) is 0 Å². The first kappa shape index (κ1) is 20.0. The molecule has 0 unspecified atom stereocenters. The van der Waals surface area contributed by atoms with E-state index < -0.39 is 34.4 Å². The summed E-state index contributed by atoms with van der Waals surface area (Å²) >= 11 is 0. The molecule has 0 amide bonds. The van der Waals surface area contributed by atoms with E-state index >= 15 is 0 Å². The summed E-state index contributed by atoms with van der Waals surface area (Å²) in [5.41, 5.74) is 4.28. The second-order valence-corrected chi connectivity index (χ2v) is 6.10. The fourth-order valence-corrected chi connectivity index (χ4v) is 2.83. The van der Waals surface area contributed by atoms with E-state index in [0.29, 0.717) is 24.5 Å². The summed E-state index contributed by atoms with van der Waals surface area (Å²) in [4.78, 5) is 39.5. The summed E-state index contributed by atoms with van der Waals surface area (Å²) in [5, 5.41) is 19.0. The number of carboxylic acid groups (broad SMARTS) is 2. The summed E-state index contributed by atoms with van der Waals surface area (Å²) in [7, 11) is 3.69. The van der Waals surface area contributed by atoms with Crippen LogP contribution in [0.5, 0.6) is 5.75 Å². The molecule has 27 heavy (non-hydrogen) atoms. The summed E-state index contributed by atoms with van der Waals surface area (Å²) in [6.07, 6.45) is 0. The van der Waals surface area contributed by atoms with Crippen molar-refractivity contribution in [3.05, 3.63) is 45.2 Å². The molecule has 9 nitrogen and oxygen atoms in total. The van der Waals surface area contributed by atoms with Crippen molar-refractivity contribution in [1.82, 2.24) is 9.88 Å². The highest BCUT2D eigenvalue weighted by atomic mass is 16.5. The Morgan fingerprint density at radius 3 is 2.33 bits per heavy atom. The SMILES string of the molecule is CCOc1ccc(-c2c(C(=O)O)c(N)[nH]c(=O)c2C(=O)O)cc1CN(C)C. The number of hydrogen-bond donors (Lipinski definition) is 4. The van der Waals surface area contributed by atoms with Crippen LogP contribution in [0.25, 0.3) is 11.1 Å². The van der Waals surface area contributed by atoms with E-state index in [0.717, 1.165) is 0 Å². The zero-order valence-corrected chi connectivity index (χ0v) is 15.2. The number of nitrogens with one attached hydrogen (secondary N) is 1. The lowest BCUT2D eigenvalue weighted by atomic mass is 9.94. The van der Waals surface area contributed by atoms with Crippen LogP contribution in [0.3, 0.4) is 0 Å². The van der Waals surface area contributed by atoms with Crippen molar-refractivity contribution in [2.75, 3.05) is 26.4 Å². The van der Waals surface area contributed by atoms with Crippen LogP contribution in [-0.4, -0.2) is 52.7 Å². The molecular formula is C18H21N3O6. The zero-order valence-electron chi connectivity index (χ0n) is 15.2. The third-order valence-electron chi connectivity index (χ3n) is 3.81. The number of rotatable bonds is 7. The number of pyridine rings is 1. The number of H-pyrrole nitrogens is 1. The lowest BCUT2D eigenvalue weighted by Gasteiger charge is -2.17. The molecule has 5 N–H and O–H groups in total. The molecule has 0 aliphatic rings. The first-order valence-electron chi connectivity index (χ1n) is 8.10. The van der Waals surface area contributed by atoms with Crippen molar-refractivity contribution in [2.24, 2.45) is 0 Å². The van der Waals surface area contributed by atoms with Crippen molar-refractivity contribution in [1.29, 1.82) is 0 Å². The average molecular weight is 375 g/mol. The number of anilines is 1. The number of carboxylic acids is 2. The summed E-state index contributed by atoms with van der Waals surface area (Å²) in [5.74, 6) is -2.81. The number of nitrogen functional groups attached to an aromatic ring is 1. The summed E-state index contributed by atoms with van der Waals surface area (Å²) in [6, 6.07) is 4.74. The predicted octanol–water partition coefficient (Wildman–Crippen LogP) is 1.48. The fraction of sp³-hybridized carbons (Fsp3) is 0.278. The van der Waals surface area contributed by atoms with Gasteiger partial charge in [-0.3, -0.25) is 4.79 Å². The number of carbonyl (C=O) groups is 2. The molecule has 0 aliphatic heterocycles. The van der Waals surface area contributed by atoms with Gasteiger partial charge in [-0.15, -0.1) is 0 Å². The molecule has 0 saturated heterocycles. The van der Waals surface area contributed by atoms with E-state index in [4.69, 9.17) is 10.5 Å². The Labute approximate surface area is 155 Å². The van der Waals surface area contributed by atoms with Gasteiger partial charge in [0.2, 0.25) is 0 Å². The minimum Gasteiger partial charge on any atom is -0.494 e. The molecule has 1 heterocycles. The third-order valence-corrected chi connectivity index (χ3v) is 3.81. The molecule has 2 aromatic rings. The lowest BCUT2D eigenvalue weighted by Crippen LogP contribution is -2.24. The van der Waals surface area contributed by atoms with Crippen molar-refractivity contribution >= 4 is 17.8 Å². The standard InChI is InChI=1S/C18H21N3O6/c1-4-27-11-6-5-9(7-10(11)8-21(2)3)12-13(17(23)24)15(19)20-16(22)14(12)18(25)26/h5-7H,4,8H2,1-3H3,(H,23,24)(H,25,26)(H3,19,20,22). The maximum absolute atomic E-state index is 12.1. The second kappa shape index (κ2) is 7.92. The normalized spacial score (nSPS) is 10.8. The number of nitrogens with two attached hydrogens (primary N) is 1. The fourth-order valence-electron chi connectivity index (χ4n) is 2.83. The van der Waals surface area contributed by atoms with Crippen LogP contribution < -0.4 is 16.0 Å². The molecule has 2 rings (SSSR count). The van der Waals surface area contributed by atoms with Crippen LogP contribution in [0.2, 0.25) is 0 Å². The van der Waals surface area contributed by atoms with E-state index in [1.807, 2.05) is 25.9 Å². The van der Waals surface area contributed by atoms with E-state index in [-0.39, 0.29) is 11.1 Å². The smallest absolute Gasteiger partial charge is 0.342 e. The van der Waals surface area contributed by atoms with E-state index in [1.165, 1.54) is 6.07 Å². The minimum absolute atomic E-state index is 0.237. The highest BCUT2D eigenvalue weighted by Crippen LogP contribution is 2.33. The third kappa shape index (κ3) is 4.09. The Hall–Kier alpha value is -3.33. The summed E-state index contributed by atoms with van der Waals surface area (Å²) in [6.45, 7) is 2.72. The second-order valence-electron chi connectivity index (χ2n) is 6.10. The van der Waals surface area contributed by atoms with E-state index in [2.05, 4.69) is 4.98 Å². The Balaban J connectivity index is 2.86. The molecule has 0 aliphatic carbocycles. The largest absolute Gasteiger partial charge is 0.494 e. The van der Waals surface area contributed by atoms with Crippen LogP contribution in [0.4, 0.5) is 5.82 Å². The first-order valence-corrected chi connectivity index (χ1v) is 8.10. The van der Waals surface area contributed by atoms with Gasteiger partial charge >= 0.3 is 11.9 Å². The molecule has 0 saturated carbocycles. The first-order chi connectivity index (χ1) is 12.7. The molecule has 0 fully saturated rings. The number of hydrogen-bond acceptors (Lipinski definition) is 6. The van der Waals surface area contributed by atoms with Gasteiger partial charge in [-0.2, -0.15) is 0 Å². The molecule has 1 aromatic carbocycles. The van der Waals surface area contributed by atoms with Crippen molar-refractivity contribution in [2.45, 2.75) is 13.5 Å². The highest BCUT2D eigenvalue weighted by molar-refractivity contribution is 6.07. The van der Waals surface area contributed by atoms with Gasteiger partial charge in [-0.1, -0.05) is 6.07 Å². The number of benzene rings is 1. The van der Waals surface area contributed by atoms with Gasteiger partial charge in [-0.25, -0.2) is 9.59 Å². The van der Waals surface area contributed by atoms with Gasteiger partial charge in [0, 0.05) is 17.7 Å². The molecule has 9 heteroatoms. The van der Waals surface area contributed by atoms with E-state index in [1.54, 1.807) is 12.1 Å². The summed E-state index contributed by atoms with van der Waals surface area (Å²) < 4.78 is 5.58. The Morgan fingerprint density at radius 1 is 1.19 bits per heavy atom. The van der Waals surface area contributed by atoms with Crippen molar-refractivity contribution in [3.63, 3.8) is 0 Å². The number of aromatic carboxylic acids is 2. The minimum atomic E-state index is -1.54. The monoisotopic (exact) mass is 375 g/mol. The Bertz CT molecular complexity index is 949. The van der Waals surface area contributed by atoms with Gasteiger partial charge in [-0.05, 0) is 38.7 Å². The van der Waals surface area contributed by atoms with Gasteiger partial charge < -0.3 is 30.6 Å². The highest BCUT2D eigenvalue weighted by Gasteiger charge is 2.27.